The van der Waals surface area contributed by atoms with Gasteiger partial charge in [0.25, 0.3) is 0 Å². The summed E-state index contributed by atoms with van der Waals surface area (Å²) in [6.07, 6.45) is 1.04. The Labute approximate surface area is 212 Å². The van der Waals surface area contributed by atoms with E-state index in [2.05, 4.69) is 20.6 Å². The quantitative estimate of drug-likeness (QED) is 0.336. The minimum Gasteiger partial charge on any atom is -0.495 e. The van der Waals surface area contributed by atoms with E-state index in [9.17, 15) is 9.18 Å². The molecule has 0 aliphatic carbocycles. The van der Waals surface area contributed by atoms with E-state index < -0.39 is 5.82 Å². The fraction of sp³-hybridized carbons (Fsp3) is 0.192. The molecule has 2 N–H and O–H groups in total. The molecule has 5 rings (SSSR count). The van der Waals surface area contributed by atoms with Crippen LogP contribution in [0.15, 0.2) is 67.0 Å². The van der Waals surface area contributed by atoms with Gasteiger partial charge in [-0.3, -0.25) is 0 Å². The predicted molar refractivity (Wildman–Crippen MR) is 136 cm³/mol. The lowest BCUT2D eigenvalue weighted by atomic mass is 10.1. The van der Waals surface area contributed by atoms with Gasteiger partial charge in [-0.15, -0.1) is 0 Å². The number of carbonyl (C=O) groups excluding carboxylic acids is 1. The molecule has 184 valence electrons. The molecular weight excluding hydrogens is 485 g/mol. The highest BCUT2D eigenvalue weighted by Gasteiger charge is 2.32. The van der Waals surface area contributed by atoms with Crippen LogP contribution in [0.5, 0.6) is 5.75 Å². The Morgan fingerprint density at radius 2 is 1.92 bits per heavy atom. The Kier molecular flexibility index (Phi) is 6.73. The van der Waals surface area contributed by atoms with Gasteiger partial charge in [-0.2, -0.15) is 0 Å². The number of rotatable bonds is 7. The molecule has 1 amide bonds. The third kappa shape index (κ3) is 4.96. The monoisotopic (exact) mass is 507 g/mol. The predicted octanol–water partition coefficient (Wildman–Crippen LogP) is 5.61. The zero-order chi connectivity index (χ0) is 25.1. The molecule has 1 saturated heterocycles. The number of hydrogen-bond donors (Lipinski definition) is 2. The molecule has 0 atom stereocenters. The molecule has 1 aliphatic rings. The summed E-state index contributed by atoms with van der Waals surface area (Å²) in [5.41, 5.74) is 2.47. The van der Waals surface area contributed by atoms with E-state index in [4.69, 9.17) is 21.1 Å². The van der Waals surface area contributed by atoms with Gasteiger partial charge in [0.2, 0.25) is 0 Å². The van der Waals surface area contributed by atoms with Gasteiger partial charge in [0.15, 0.2) is 5.82 Å². The van der Waals surface area contributed by atoms with Gasteiger partial charge >= 0.3 is 6.09 Å². The Hall–Kier alpha value is -4.11. The number of ether oxygens (including phenoxy) is 2. The lowest BCUT2D eigenvalue weighted by molar-refractivity contribution is 0.0705. The first-order chi connectivity index (χ1) is 17.5. The minimum absolute atomic E-state index is 0.00652. The fourth-order valence-electron chi connectivity index (χ4n) is 3.94. The van der Waals surface area contributed by atoms with Crippen LogP contribution < -0.4 is 15.4 Å². The van der Waals surface area contributed by atoms with Crippen molar-refractivity contribution in [2.75, 3.05) is 30.8 Å². The number of benzene rings is 3. The first-order valence-corrected chi connectivity index (χ1v) is 11.7. The maximum absolute atomic E-state index is 14.5. The summed E-state index contributed by atoms with van der Waals surface area (Å²) in [5.74, 6) is 0.448. The molecule has 1 aliphatic heterocycles. The molecule has 2 heterocycles. The van der Waals surface area contributed by atoms with Gasteiger partial charge < -0.3 is 25.0 Å². The van der Waals surface area contributed by atoms with Gasteiger partial charge in [0.1, 0.15) is 24.5 Å². The highest BCUT2D eigenvalue weighted by atomic mass is 35.5. The summed E-state index contributed by atoms with van der Waals surface area (Å²) in [4.78, 5) is 22.6. The topological polar surface area (TPSA) is 88.6 Å². The molecule has 1 fully saturated rings. The molecule has 10 heteroatoms. The van der Waals surface area contributed by atoms with Crippen LogP contribution in [-0.4, -0.2) is 47.2 Å². The van der Waals surface area contributed by atoms with Crippen molar-refractivity contribution in [2.24, 2.45) is 0 Å². The molecule has 36 heavy (non-hydrogen) atoms. The summed E-state index contributed by atoms with van der Waals surface area (Å²) in [7, 11) is 1.57. The molecule has 0 saturated carbocycles. The molecule has 0 spiro atoms. The van der Waals surface area contributed by atoms with E-state index in [1.807, 2.05) is 36.4 Å². The van der Waals surface area contributed by atoms with Crippen molar-refractivity contribution >= 4 is 45.8 Å². The average molecular weight is 508 g/mol. The lowest BCUT2D eigenvalue weighted by Gasteiger charge is -2.39. The number of nitrogens with zero attached hydrogens (tertiary/aromatic N) is 3. The summed E-state index contributed by atoms with van der Waals surface area (Å²) >= 11 is 5.92. The van der Waals surface area contributed by atoms with Crippen molar-refractivity contribution in [3.05, 3.63) is 83.4 Å². The van der Waals surface area contributed by atoms with Gasteiger partial charge in [-0.05, 0) is 23.8 Å². The number of aromatic nitrogens is 2. The number of carbonyl (C=O) groups is 1. The number of amides is 1. The van der Waals surface area contributed by atoms with E-state index in [0.717, 1.165) is 5.56 Å². The van der Waals surface area contributed by atoms with E-state index in [-0.39, 0.29) is 29.5 Å². The van der Waals surface area contributed by atoms with Gasteiger partial charge in [0.05, 0.1) is 35.1 Å². The zero-order valence-corrected chi connectivity index (χ0v) is 20.1. The van der Waals surface area contributed by atoms with Crippen LogP contribution in [0.25, 0.3) is 10.9 Å². The lowest BCUT2D eigenvalue weighted by Crippen LogP contribution is -2.57. The molecule has 3 aromatic carbocycles. The Bertz CT molecular complexity index is 1400. The number of methoxy groups -OCH3 is 1. The number of halogens is 2. The first kappa shape index (κ1) is 23.6. The maximum Gasteiger partial charge on any atom is 0.410 e. The third-order valence-corrected chi connectivity index (χ3v) is 6.16. The first-order valence-electron chi connectivity index (χ1n) is 11.3. The normalized spacial score (nSPS) is 13.2. The average Bonchev–Trinajstić information content (AvgIpc) is 2.87. The highest BCUT2D eigenvalue weighted by Crippen LogP contribution is 2.35. The minimum atomic E-state index is -0.563. The number of fused-ring (bicyclic) bond motifs is 1. The fourth-order valence-corrected chi connectivity index (χ4v) is 4.12. The van der Waals surface area contributed by atoms with Crippen LogP contribution in [-0.2, 0) is 11.3 Å². The van der Waals surface area contributed by atoms with Gasteiger partial charge in [-0.25, -0.2) is 19.2 Å². The van der Waals surface area contributed by atoms with E-state index in [1.165, 1.54) is 12.4 Å². The van der Waals surface area contributed by atoms with Crippen LogP contribution in [0.1, 0.15) is 5.56 Å². The van der Waals surface area contributed by atoms with Crippen molar-refractivity contribution in [3.63, 3.8) is 0 Å². The second kappa shape index (κ2) is 10.2. The highest BCUT2D eigenvalue weighted by molar-refractivity contribution is 6.31. The van der Waals surface area contributed by atoms with Crippen molar-refractivity contribution in [3.8, 4) is 5.75 Å². The second-order valence-electron chi connectivity index (χ2n) is 8.30. The van der Waals surface area contributed by atoms with Crippen LogP contribution in [0.4, 0.5) is 26.4 Å². The molecule has 0 radical (unpaired) electrons. The Balaban J connectivity index is 1.29. The van der Waals surface area contributed by atoms with Crippen LogP contribution in [0, 0.1) is 5.82 Å². The maximum atomic E-state index is 14.5. The van der Waals surface area contributed by atoms with E-state index in [1.54, 1.807) is 30.2 Å². The van der Waals surface area contributed by atoms with Crippen LogP contribution in [0.2, 0.25) is 5.02 Å². The molecule has 4 aromatic rings. The summed E-state index contributed by atoms with van der Waals surface area (Å²) < 4.78 is 25.4. The van der Waals surface area contributed by atoms with Gasteiger partial charge in [-0.1, -0.05) is 48.0 Å². The number of hydrogen-bond acceptors (Lipinski definition) is 7. The van der Waals surface area contributed by atoms with Crippen molar-refractivity contribution in [2.45, 2.75) is 12.6 Å². The van der Waals surface area contributed by atoms with E-state index >= 15 is 0 Å². The molecular formula is C26H23ClFN5O3. The molecule has 0 bridgehead atoms. The van der Waals surface area contributed by atoms with Crippen LogP contribution in [0.3, 0.4) is 0 Å². The van der Waals surface area contributed by atoms with Crippen molar-refractivity contribution in [1.29, 1.82) is 0 Å². The third-order valence-electron chi connectivity index (χ3n) is 5.87. The zero-order valence-electron chi connectivity index (χ0n) is 19.4. The van der Waals surface area contributed by atoms with E-state index in [0.29, 0.717) is 41.2 Å². The Morgan fingerprint density at radius 3 is 2.69 bits per heavy atom. The molecule has 1 aromatic heterocycles. The Morgan fingerprint density at radius 1 is 1.11 bits per heavy atom. The number of likely N-dealkylation sites (tertiary alicyclic amines) is 1. The number of anilines is 3. The summed E-state index contributed by atoms with van der Waals surface area (Å²) in [5, 5.41) is 7.09. The van der Waals surface area contributed by atoms with Crippen molar-refractivity contribution in [1.82, 2.24) is 14.9 Å². The second-order valence-corrected chi connectivity index (χ2v) is 8.71. The largest absolute Gasteiger partial charge is 0.495 e. The number of nitrogens with one attached hydrogen (secondary N) is 2. The van der Waals surface area contributed by atoms with Crippen LogP contribution >= 0.6 is 11.6 Å². The molecule has 0 unspecified atom stereocenters. The van der Waals surface area contributed by atoms with Crippen molar-refractivity contribution < 1.29 is 18.7 Å². The molecule has 8 nitrogen and oxygen atoms in total. The van der Waals surface area contributed by atoms with Gasteiger partial charge in [0, 0.05) is 24.5 Å². The smallest absolute Gasteiger partial charge is 0.410 e. The summed E-state index contributed by atoms with van der Waals surface area (Å²) in [6, 6.07) is 17.9. The summed E-state index contributed by atoms with van der Waals surface area (Å²) in [6.45, 7) is 1.20. The standard InChI is InChI=1S/C26H23ClFN5O3/c1-35-23-11-21-18(25(30-15-29-21)32-20-9-5-8-19(27)24(20)28)10-22(23)31-17-12-33(13-17)26(34)36-14-16-6-3-2-4-7-16/h2-11,15,17,31H,12-14H2,1H3,(H,29,30,32). The SMILES string of the molecule is COc1cc2ncnc(Nc3cccc(Cl)c3F)c2cc1NC1CN(C(=O)OCc2ccccc2)C1.